The van der Waals surface area contributed by atoms with E-state index in [1.807, 2.05) is 0 Å². The van der Waals surface area contributed by atoms with Gasteiger partial charge in [-0.2, -0.15) is 0 Å². The van der Waals surface area contributed by atoms with Gasteiger partial charge in [-0.3, -0.25) is 0 Å². The van der Waals surface area contributed by atoms with Crippen molar-refractivity contribution < 1.29 is 13.9 Å². The van der Waals surface area contributed by atoms with Crippen LogP contribution in [0, 0.1) is 17.0 Å². The maximum atomic E-state index is 13.2. The first-order valence-corrected chi connectivity index (χ1v) is 6.00. The highest BCUT2D eigenvalue weighted by Gasteiger charge is 2.38. The van der Waals surface area contributed by atoms with Crippen LogP contribution in [-0.4, -0.2) is 5.11 Å². The summed E-state index contributed by atoms with van der Waals surface area (Å²) in [7, 11) is 0. The average Bonchev–Trinajstić information content (AvgIpc) is 2.22. The molecule has 0 aromatic heterocycles. The van der Waals surface area contributed by atoms with Crippen LogP contribution in [0.2, 0.25) is 0 Å². The van der Waals surface area contributed by atoms with E-state index in [0.29, 0.717) is 18.4 Å². The van der Waals surface area contributed by atoms with Gasteiger partial charge in [0, 0.05) is 6.07 Å². The molecule has 0 radical (unpaired) electrons. The van der Waals surface area contributed by atoms with Crippen molar-refractivity contribution in [3.63, 3.8) is 0 Å². The number of rotatable bonds is 1. The lowest BCUT2D eigenvalue weighted by Gasteiger charge is -2.40. The van der Waals surface area contributed by atoms with Gasteiger partial charge in [0.15, 0.2) is 0 Å². The van der Waals surface area contributed by atoms with Crippen LogP contribution in [0.4, 0.5) is 8.78 Å². The van der Waals surface area contributed by atoms with Crippen molar-refractivity contribution in [3.8, 4) is 0 Å². The van der Waals surface area contributed by atoms with E-state index in [9.17, 15) is 13.9 Å². The average molecular weight is 240 g/mol. The molecule has 2 rings (SSSR count). The quantitative estimate of drug-likeness (QED) is 0.792. The fraction of sp³-hybridized carbons (Fsp3) is 0.571. The van der Waals surface area contributed by atoms with Gasteiger partial charge in [-0.05, 0) is 48.8 Å². The monoisotopic (exact) mass is 240 g/mol. The normalized spacial score (nSPS) is 22.4. The van der Waals surface area contributed by atoms with Crippen LogP contribution in [0.3, 0.4) is 0 Å². The molecule has 94 valence electrons. The van der Waals surface area contributed by atoms with Gasteiger partial charge in [-0.25, -0.2) is 8.78 Å². The van der Waals surface area contributed by atoms with Crippen LogP contribution < -0.4 is 0 Å². The highest BCUT2D eigenvalue weighted by molar-refractivity contribution is 5.25. The molecular formula is C14H18F2O. The second kappa shape index (κ2) is 4.05. The van der Waals surface area contributed by atoms with E-state index >= 15 is 0 Å². The van der Waals surface area contributed by atoms with Gasteiger partial charge >= 0.3 is 0 Å². The first kappa shape index (κ1) is 12.5. The Morgan fingerprint density at radius 1 is 0.941 bits per heavy atom. The van der Waals surface area contributed by atoms with Crippen molar-refractivity contribution in [1.82, 2.24) is 0 Å². The van der Waals surface area contributed by atoms with E-state index in [1.54, 1.807) is 0 Å². The fourth-order valence-electron chi connectivity index (χ4n) is 2.45. The summed E-state index contributed by atoms with van der Waals surface area (Å²) in [5.41, 5.74) is -0.498. The predicted octanol–water partition coefficient (Wildman–Crippen LogP) is 3.75. The first-order chi connectivity index (χ1) is 7.81. The lowest BCUT2D eigenvalue weighted by molar-refractivity contribution is -0.0309. The highest BCUT2D eigenvalue weighted by Crippen LogP contribution is 2.45. The molecule has 0 bridgehead atoms. The number of hydrogen-bond acceptors (Lipinski definition) is 1. The number of halogens is 2. The molecule has 1 fully saturated rings. The Morgan fingerprint density at radius 2 is 1.41 bits per heavy atom. The number of benzene rings is 1. The molecule has 17 heavy (non-hydrogen) atoms. The van der Waals surface area contributed by atoms with Crippen molar-refractivity contribution >= 4 is 0 Å². The first-order valence-electron chi connectivity index (χ1n) is 6.00. The Hall–Kier alpha value is -0.960. The standard InChI is InChI=1S/C14H18F2O/c1-13(2)3-5-14(17,6-4-13)10-7-11(15)9-12(16)8-10/h7-9,17H,3-6H2,1-2H3. The van der Waals surface area contributed by atoms with Crippen molar-refractivity contribution in [3.05, 3.63) is 35.4 Å². The summed E-state index contributed by atoms with van der Waals surface area (Å²) in [4.78, 5) is 0. The zero-order valence-electron chi connectivity index (χ0n) is 10.3. The van der Waals surface area contributed by atoms with Crippen LogP contribution in [-0.2, 0) is 5.60 Å². The van der Waals surface area contributed by atoms with Crippen LogP contribution >= 0.6 is 0 Å². The van der Waals surface area contributed by atoms with Crippen LogP contribution in [0.1, 0.15) is 45.1 Å². The minimum atomic E-state index is -1.07. The summed E-state index contributed by atoms with van der Waals surface area (Å²) in [6.45, 7) is 4.30. The molecule has 1 aliphatic carbocycles. The van der Waals surface area contributed by atoms with Gasteiger partial charge in [0.05, 0.1) is 5.60 Å². The van der Waals surface area contributed by atoms with Crippen molar-refractivity contribution in [2.45, 2.75) is 45.1 Å². The Balaban J connectivity index is 2.27. The molecule has 0 spiro atoms. The molecular weight excluding hydrogens is 222 g/mol. The molecule has 0 aliphatic heterocycles. The highest BCUT2D eigenvalue weighted by atomic mass is 19.1. The molecule has 1 N–H and O–H groups in total. The van der Waals surface area contributed by atoms with Crippen molar-refractivity contribution in [1.29, 1.82) is 0 Å². The van der Waals surface area contributed by atoms with Crippen molar-refractivity contribution in [2.24, 2.45) is 5.41 Å². The molecule has 1 aliphatic rings. The van der Waals surface area contributed by atoms with E-state index in [-0.39, 0.29) is 5.41 Å². The minimum Gasteiger partial charge on any atom is -0.385 e. The van der Waals surface area contributed by atoms with E-state index < -0.39 is 17.2 Å². The smallest absolute Gasteiger partial charge is 0.126 e. The zero-order chi connectivity index (χ0) is 12.7. The SMILES string of the molecule is CC1(C)CCC(O)(c2cc(F)cc(F)c2)CC1. The third-order valence-corrected chi connectivity index (χ3v) is 3.83. The summed E-state index contributed by atoms with van der Waals surface area (Å²) in [5, 5.41) is 10.5. The van der Waals surface area contributed by atoms with Crippen LogP contribution in [0.5, 0.6) is 0 Å². The second-order valence-corrected chi connectivity index (χ2v) is 5.85. The van der Waals surface area contributed by atoms with Gasteiger partial charge in [0.2, 0.25) is 0 Å². The van der Waals surface area contributed by atoms with Crippen LogP contribution in [0.25, 0.3) is 0 Å². The molecule has 1 saturated carbocycles. The van der Waals surface area contributed by atoms with Gasteiger partial charge in [-0.1, -0.05) is 13.8 Å². The molecule has 0 saturated heterocycles. The summed E-state index contributed by atoms with van der Waals surface area (Å²) in [6, 6.07) is 3.31. The summed E-state index contributed by atoms with van der Waals surface area (Å²) >= 11 is 0. The van der Waals surface area contributed by atoms with E-state index in [1.165, 1.54) is 12.1 Å². The Labute approximate surface area is 100 Å². The van der Waals surface area contributed by atoms with Gasteiger partial charge < -0.3 is 5.11 Å². The topological polar surface area (TPSA) is 20.2 Å². The predicted molar refractivity (Wildman–Crippen MR) is 62.5 cm³/mol. The van der Waals surface area contributed by atoms with E-state index in [4.69, 9.17) is 0 Å². The maximum Gasteiger partial charge on any atom is 0.126 e. The molecule has 0 unspecified atom stereocenters. The Morgan fingerprint density at radius 3 is 1.88 bits per heavy atom. The molecule has 0 atom stereocenters. The fourth-order valence-corrected chi connectivity index (χ4v) is 2.45. The Kier molecular flexibility index (Phi) is 2.98. The van der Waals surface area contributed by atoms with Crippen molar-refractivity contribution in [2.75, 3.05) is 0 Å². The maximum absolute atomic E-state index is 13.2. The largest absolute Gasteiger partial charge is 0.385 e. The molecule has 1 nitrogen and oxygen atoms in total. The van der Waals surface area contributed by atoms with Crippen LogP contribution in [0.15, 0.2) is 18.2 Å². The van der Waals surface area contributed by atoms with Gasteiger partial charge in [-0.15, -0.1) is 0 Å². The van der Waals surface area contributed by atoms with E-state index in [0.717, 1.165) is 18.9 Å². The lowest BCUT2D eigenvalue weighted by atomic mass is 9.69. The number of hydrogen-bond donors (Lipinski definition) is 1. The lowest BCUT2D eigenvalue weighted by Crippen LogP contribution is -2.34. The molecule has 0 amide bonds. The molecule has 1 aromatic carbocycles. The minimum absolute atomic E-state index is 0.206. The Bertz CT molecular complexity index is 396. The third-order valence-electron chi connectivity index (χ3n) is 3.83. The summed E-state index contributed by atoms with van der Waals surface area (Å²) in [5.74, 6) is -1.25. The molecule has 1 aromatic rings. The molecule has 0 heterocycles. The summed E-state index contributed by atoms with van der Waals surface area (Å²) < 4.78 is 26.3. The van der Waals surface area contributed by atoms with Gasteiger partial charge in [0.1, 0.15) is 11.6 Å². The zero-order valence-corrected chi connectivity index (χ0v) is 10.3. The third kappa shape index (κ3) is 2.65. The number of aliphatic hydroxyl groups is 1. The van der Waals surface area contributed by atoms with E-state index in [2.05, 4.69) is 13.8 Å². The summed E-state index contributed by atoms with van der Waals surface area (Å²) in [6.07, 6.45) is 2.84. The van der Waals surface area contributed by atoms with Gasteiger partial charge in [0.25, 0.3) is 0 Å². The molecule has 3 heteroatoms. The second-order valence-electron chi connectivity index (χ2n) is 5.85.